The summed E-state index contributed by atoms with van der Waals surface area (Å²) in [6.45, 7) is 4.04. The van der Waals surface area contributed by atoms with Crippen LogP contribution in [0.1, 0.15) is 34.7 Å². The highest BCUT2D eigenvalue weighted by atomic mass is 35.5. The molecule has 1 aliphatic heterocycles. The predicted molar refractivity (Wildman–Crippen MR) is 113 cm³/mol. The molecule has 5 nitrogen and oxygen atoms in total. The first-order valence-electron chi connectivity index (χ1n) is 9.02. The minimum Gasteiger partial charge on any atom is -0.310 e. The molecule has 2 aromatic heterocycles. The van der Waals surface area contributed by atoms with Crippen molar-refractivity contribution in [3.05, 3.63) is 69.9 Å². The number of amides is 1. The first-order valence-corrected chi connectivity index (χ1v) is 10.2. The van der Waals surface area contributed by atoms with Gasteiger partial charge in [0.1, 0.15) is 5.82 Å². The molecule has 0 saturated carbocycles. The molecule has 0 fully saturated rings. The molecule has 140 valence electrons. The highest BCUT2D eigenvalue weighted by Crippen LogP contribution is 2.41. The third-order valence-corrected chi connectivity index (χ3v) is 6.30. The lowest BCUT2D eigenvalue weighted by molar-refractivity contribution is -0.116. The Hall–Kier alpha value is -2.70. The van der Waals surface area contributed by atoms with Gasteiger partial charge in [-0.25, -0.2) is 4.98 Å². The Morgan fingerprint density at radius 3 is 2.89 bits per heavy atom. The van der Waals surface area contributed by atoms with Crippen LogP contribution in [0.15, 0.2) is 42.5 Å². The van der Waals surface area contributed by atoms with E-state index < -0.39 is 0 Å². The molecule has 0 unspecified atom stereocenters. The molecule has 2 aromatic carbocycles. The van der Waals surface area contributed by atoms with Crippen LogP contribution >= 0.6 is 22.9 Å². The molecule has 7 heteroatoms. The highest BCUT2D eigenvalue weighted by Gasteiger charge is 2.33. The summed E-state index contributed by atoms with van der Waals surface area (Å²) in [6, 6.07) is 13.9. The Morgan fingerprint density at radius 1 is 1.21 bits per heavy atom. The fourth-order valence-electron chi connectivity index (χ4n) is 3.80. The summed E-state index contributed by atoms with van der Waals surface area (Å²) in [5, 5.41) is 9.15. The smallest absolute Gasteiger partial charge is 0.226 e. The first kappa shape index (κ1) is 17.4. The molecule has 1 N–H and O–H groups in total. The van der Waals surface area contributed by atoms with Gasteiger partial charge in [-0.15, -0.1) is 0 Å². The summed E-state index contributed by atoms with van der Waals surface area (Å²) < 4.78 is 2.87. The number of nitrogens with zero attached hydrogens (tertiary/aromatic N) is 3. The van der Waals surface area contributed by atoms with E-state index in [1.807, 2.05) is 43.3 Å². The quantitative estimate of drug-likeness (QED) is 0.494. The van der Waals surface area contributed by atoms with Crippen LogP contribution in [-0.4, -0.2) is 20.7 Å². The Kier molecular flexibility index (Phi) is 4.00. The van der Waals surface area contributed by atoms with E-state index in [-0.39, 0.29) is 11.8 Å². The maximum atomic E-state index is 12.5. The maximum Gasteiger partial charge on any atom is 0.226 e. The minimum atomic E-state index is -0.0761. The van der Waals surface area contributed by atoms with E-state index in [4.69, 9.17) is 21.7 Å². The highest BCUT2D eigenvalue weighted by molar-refractivity contribution is 7.20. The summed E-state index contributed by atoms with van der Waals surface area (Å²) in [4.78, 5) is 17.2. The minimum absolute atomic E-state index is 0.0319. The van der Waals surface area contributed by atoms with Crippen molar-refractivity contribution in [3.8, 4) is 5.13 Å². The van der Waals surface area contributed by atoms with Crippen LogP contribution in [0.5, 0.6) is 0 Å². The van der Waals surface area contributed by atoms with Crippen molar-refractivity contribution in [2.75, 3.05) is 5.32 Å². The third-order valence-electron chi connectivity index (χ3n) is 5.07. The Labute approximate surface area is 171 Å². The molecule has 3 heterocycles. The van der Waals surface area contributed by atoms with Gasteiger partial charge in [0, 0.05) is 22.9 Å². The van der Waals surface area contributed by atoms with Crippen molar-refractivity contribution in [3.63, 3.8) is 0 Å². The zero-order valence-electron chi connectivity index (χ0n) is 15.4. The average molecular weight is 409 g/mol. The first-order chi connectivity index (χ1) is 13.5. The maximum absolute atomic E-state index is 12.5. The van der Waals surface area contributed by atoms with Gasteiger partial charge >= 0.3 is 0 Å². The number of halogens is 1. The van der Waals surface area contributed by atoms with Gasteiger partial charge in [0.05, 0.1) is 15.9 Å². The number of rotatable bonds is 2. The van der Waals surface area contributed by atoms with Crippen LogP contribution < -0.4 is 5.32 Å². The number of nitrogens with one attached hydrogen (secondary N) is 1. The molecular weight excluding hydrogens is 392 g/mol. The lowest BCUT2D eigenvalue weighted by atomic mass is 9.86. The van der Waals surface area contributed by atoms with E-state index >= 15 is 0 Å². The average Bonchev–Trinajstić information content (AvgIpc) is 3.21. The van der Waals surface area contributed by atoms with E-state index in [0.29, 0.717) is 17.3 Å². The predicted octanol–water partition coefficient (Wildman–Crippen LogP) is 5.23. The summed E-state index contributed by atoms with van der Waals surface area (Å²) in [7, 11) is 0. The van der Waals surface area contributed by atoms with Crippen molar-refractivity contribution in [1.29, 1.82) is 0 Å². The van der Waals surface area contributed by atoms with Gasteiger partial charge in [0.2, 0.25) is 11.0 Å². The van der Waals surface area contributed by atoms with Crippen LogP contribution in [0.25, 0.3) is 15.3 Å². The topological polar surface area (TPSA) is 59.8 Å². The van der Waals surface area contributed by atoms with Gasteiger partial charge in [-0.1, -0.05) is 41.1 Å². The molecule has 4 aromatic rings. The summed E-state index contributed by atoms with van der Waals surface area (Å²) in [5.41, 5.74) is 5.05. The monoisotopic (exact) mass is 408 g/mol. The second kappa shape index (κ2) is 6.43. The molecule has 0 spiro atoms. The number of aromatic nitrogens is 3. The third kappa shape index (κ3) is 2.80. The number of benzene rings is 2. The molecule has 1 aliphatic rings. The number of fused-ring (bicyclic) bond motifs is 2. The Balaban J connectivity index is 1.68. The van der Waals surface area contributed by atoms with Gasteiger partial charge in [0.15, 0.2) is 0 Å². The molecule has 0 aliphatic carbocycles. The number of aryl methyl sites for hydroxylation is 2. The van der Waals surface area contributed by atoms with Gasteiger partial charge in [-0.05, 0) is 49.2 Å². The number of hydrogen-bond donors (Lipinski definition) is 1. The van der Waals surface area contributed by atoms with Crippen molar-refractivity contribution >= 4 is 44.9 Å². The summed E-state index contributed by atoms with van der Waals surface area (Å²) >= 11 is 7.76. The molecule has 0 radical (unpaired) electrons. The number of carbonyl (C=O) groups is 1. The van der Waals surface area contributed by atoms with Gasteiger partial charge in [0.25, 0.3) is 0 Å². The van der Waals surface area contributed by atoms with Crippen molar-refractivity contribution < 1.29 is 4.79 Å². The number of carbonyl (C=O) groups excluding carboxylic acids is 1. The van der Waals surface area contributed by atoms with Crippen LogP contribution in [0.2, 0.25) is 5.02 Å². The number of hydrogen-bond acceptors (Lipinski definition) is 4. The van der Waals surface area contributed by atoms with Crippen LogP contribution in [-0.2, 0) is 4.79 Å². The van der Waals surface area contributed by atoms with Gasteiger partial charge in [-0.2, -0.15) is 9.78 Å². The fraction of sp³-hybridized carbons (Fsp3) is 0.190. The van der Waals surface area contributed by atoms with E-state index in [0.717, 1.165) is 32.2 Å². The Bertz CT molecular complexity index is 1240. The molecule has 0 bridgehead atoms. The zero-order valence-corrected chi connectivity index (χ0v) is 16.9. The molecular formula is C21H17ClN4OS. The molecule has 28 heavy (non-hydrogen) atoms. The van der Waals surface area contributed by atoms with Crippen LogP contribution in [0.3, 0.4) is 0 Å². The number of thiazole rings is 1. The lowest BCUT2D eigenvalue weighted by Gasteiger charge is -2.24. The summed E-state index contributed by atoms with van der Waals surface area (Å²) in [5.74, 6) is 0.595. The van der Waals surface area contributed by atoms with E-state index in [1.165, 1.54) is 5.56 Å². The van der Waals surface area contributed by atoms with Crippen molar-refractivity contribution in [1.82, 2.24) is 14.8 Å². The Morgan fingerprint density at radius 2 is 2.07 bits per heavy atom. The summed E-state index contributed by atoms with van der Waals surface area (Å²) in [6.07, 6.45) is 0.374. The van der Waals surface area contributed by atoms with E-state index in [9.17, 15) is 4.79 Å². The molecule has 1 atom stereocenters. The second-order valence-corrected chi connectivity index (χ2v) is 8.53. The lowest BCUT2D eigenvalue weighted by Crippen LogP contribution is -2.24. The van der Waals surface area contributed by atoms with Gasteiger partial charge in [-0.3, -0.25) is 4.79 Å². The second-order valence-electron chi connectivity index (χ2n) is 7.09. The molecule has 0 saturated heterocycles. The SMILES string of the molecule is Cc1ccc2nc(-n3nc(C)c4c3NC(=O)C[C@H]4c3cccc(Cl)c3)sc2c1. The van der Waals surface area contributed by atoms with Gasteiger partial charge < -0.3 is 5.32 Å². The largest absolute Gasteiger partial charge is 0.310 e. The van der Waals surface area contributed by atoms with Crippen LogP contribution in [0, 0.1) is 13.8 Å². The van der Waals surface area contributed by atoms with Crippen LogP contribution in [0.4, 0.5) is 5.82 Å². The van der Waals surface area contributed by atoms with E-state index in [1.54, 1.807) is 16.0 Å². The number of anilines is 1. The zero-order chi connectivity index (χ0) is 19.4. The normalized spacial score (nSPS) is 16.2. The van der Waals surface area contributed by atoms with Crippen molar-refractivity contribution in [2.45, 2.75) is 26.2 Å². The molecule has 5 rings (SSSR count). The van der Waals surface area contributed by atoms with Crippen molar-refractivity contribution in [2.24, 2.45) is 0 Å². The van der Waals surface area contributed by atoms with E-state index in [2.05, 4.69) is 18.3 Å². The fourth-order valence-corrected chi connectivity index (χ4v) is 5.02. The molecule has 1 amide bonds. The standard InChI is InChI=1S/C21H17ClN4OS/c1-11-6-7-16-17(8-11)28-21(23-16)26-20-19(12(2)25-26)15(10-18(27)24-20)13-4-3-5-14(22)9-13/h3-9,15H,10H2,1-2H3,(H,24,27)/t15-/m0/s1.